The molecule has 17 nitrogen and oxygen atoms in total. The highest BCUT2D eigenvalue weighted by Crippen LogP contribution is 2.45. The van der Waals surface area contributed by atoms with Gasteiger partial charge in [-0.3, -0.25) is 37.3 Å². The number of aliphatic hydroxyl groups is 1. The summed E-state index contributed by atoms with van der Waals surface area (Å²) < 4.78 is 68.9. The zero-order valence-corrected chi connectivity index (χ0v) is 70.8. The molecule has 5 atom stereocenters. The van der Waals surface area contributed by atoms with Crippen LogP contribution in [-0.2, 0) is 65.4 Å². The van der Waals surface area contributed by atoms with Crippen LogP contribution >= 0.6 is 15.6 Å². The predicted octanol–water partition coefficient (Wildman–Crippen LogP) is 26.2. The summed E-state index contributed by atoms with van der Waals surface area (Å²) in [5.74, 6) is -0.631. The molecule has 2 unspecified atom stereocenters. The van der Waals surface area contributed by atoms with Gasteiger partial charge in [0.25, 0.3) is 0 Å². The molecular formula is C86H168O17P2. The number of phosphoric acid groups is 2. The van der Waals surface area contributed by atoms with Crippen LogP contribution in [0.2, 0.25) is 0 Å². The summed E-state index contributed by atoms with van der Waals surface area (Å²) in [6, 6.07) is 0. The molecule has 624 valence electrons. The van der Waals surface area contributed by atoms with Crippen molar-refractivity contribution in [1.82, 2.24) is 0 Å². The van der Waals surface area contributed by atoms with Gasteiger partial charge in [0.15, 0.2) is 12.2 Å². The minimum Gasteiger partial charge on any atom is -0.462 e. The van der Waals surface area contributed by atoms with Crippen LogP contribution in [0.1, 0.15) is 459 Å². The normalized spacial score (nSPS) is 13.8. The van der Waals surface area contributed by atoms with Crippen molar-refractivity contribution in [2.75, 3.05) is 39.6 Å². The Morgan fingerprint density at radius 3 is 0.648 bits per heavy atom. The predicted molar refractivity (Wildman–Crippen MR) is 432 cm³/mol. The maximum atomic E-state index is 13.1. The van der Waals surface area contributed by atoms with E-state index in [1.165, 1.54) is 270 Å². The second-order valence-electron chi connectivity index (χ2n) is 31.9. The number of carbonyl (C=O) groups excluding carboxylic acids is 4. The van der Waals surface area contributed by atoms with E-state index in [4.69, 9.17) is 37.0 Å². The Hall–Kier alpha value is -1.94. The Morgan fingerprint density at radius 2 is 0.438 bits per heavy atom. The third-order valence-corrected chi connectivity index (χ3v) is 22.1. The minimum atomic E-state index is -4.97. The summed E-state index contributed by atoms with van der Waals surface area (Å²) in [4.78, 5) is 73.2. The van der Waals surface area contributed by atoms with Gasteiger partial charge in [0, 0.05) is 25.7 Å². The Bertz CT molecular complexity index is 2010. The van der Waals surface area contributed by atoms with Crippen LogP contribution in [0.15, 0.2) is 0 Å². The van der Waals surface area contributed by atoms with Gasteiger partial charge in [0.2, 0.25) is 0 Å². The zero-order valence-electron chi connectivity index (χ0n) is 69.0. The topological polar surface area (TPSA) is 237 Å². The molecule has 19 heteroatoms. The summed E-state index contributed by atoms with van der Waals surface area (Å²) in [5, 5.41) is 10.7. The van der Waals surface area contributed by atoms with Crippen LogP contribution in [0, 0.1) is 11.8 Å². The van der Waals surface area contributed by atoms with Crippen LogP contribution in [0.5, 0.6) is 0 Å². The van der Waals surface area contributed by atoms with Crippen molar-refractivity contribution >= 4 is 39.5 Å². The van der Waals surface area contributed by atoms with E-state index in [-0.39, 0.29) is 25.7 Å². The van der Waals surface area contributed by atoms with Crippen molar-refractivity contribution in [3.8, 4) is 0 Å². The number of hydrogen-bond acceptors (Lipinski definition) is 15. The monoisotopic (exact) mass is 1540 g/mol. The highest BCUT2D eigenvalue weighted by molar-refractivity contribution is 7.47. The quantitative estimate of drug-likeness (QED) is 0.0222. The molecule has 0 bridgehead atoms. The van der Waals surface area contributed by atoms with Crippen LogP contribution < -0.4 is 0 Å². The molecule has 105 heavy (non-hydrogen) atoms. The molecule has 0 rings (SSSR count). The number of esters is 4. The lowest BCUT2D eigenvalue weighted by molar-refractivity contribution is -0.161. The van der Waals surface area contributed by atoms with Gasteiger partial charge in [-0.2, -0.15) is 0 Å². The number of phosphoric ester groups is 2. The maximum absolute atomic E-state index is 13.1. The minimum absolute atomic E-state index is 0.107. The number of ether oxygens (including phenoxy) is 4. The summed E-state index contributed by atoms with van der Waals surface area (Å²) in [6.07, 6.45) is 69.7. The second-order valence-corrected chi connectivity index (χ2v) is 34.8. The number of hydrogen-bond donors (Lipinski definition) is 3. The average molecular weight is 1540 g/mol. The van der Waals surface area contributed by atoms with Crippen molar-refractivity contribution in [3.05, 3.63) is 0 Å². The van der Waals surface area contributed by atoms with Crippen molar-refractivity contribution in [3.63, 3.8) is 0 Å². The summed E-state index contributed by atoms with van der Waals surface area (Å²) in [7, 11) is -9.93. The third-order valence-electron chi connectivity index (χ3n) is 20.2. The maximum Gasteiger partial charge on any atom is 0.472 e. The van der Waals surface area contributed by atoms with E-state index in [0.717, 1.165) is 102 Å². The molecule has 0 aliphatic carbocycles. The van der Waals surface area contributed by atoms with Gasteiger partial charge in [-0.25, -0.2) is 9.13 Å². The van der Waals surface area contributed by atoms with Crippen molar-refractivity contribution < 1.29 is 80.2 Å². The Morgan fingerprint density at radius 1 is 0.257 bits per heavy atom. The standard InChI is InChI=1S/C86H168O17P2/c1-7-9-11-13-15-17-19-21-23-25-27-29-31-33-38-42-46-50-58-64-70-85(90)102-81(74-96-83(88)68-62-56-49-45-41-37-32-30-28-26-24-22-20-18-16-14-12-10-8-2)76-100-104(92,93)98-72-80(87)73-99-105(94,95)101-77-82(75-97-84(89)69-63-57-53-52-55-61-67-79(5)6)103-86(91)71-65-59-51-47-43-39-35-34-36-40-44-48-54-60-66-78(3)4/h78-82,87H,7-77H2,1-6H3,(H,92,93)(H,94,95)/t80-,81-,82-/m1/s1. The molecule has 0 saturated carbocycles. The Balaban J connectivity index is 5.21. The highest BCUT2D eigenvalue weighted by Gasteiger charge is 2.30. The van der Waals surface area contributed by atoms with E-state index in [2.05, 4.69) is 41.5 Å². The number of aliphatic hydroxyl groups excluding tert-OH is 1. The van der Waals surface area contributed by atoms with Crippen LogP contribution in [-0.4, -0.2) is 96.7 Å². The van der Waals surface area contributed by atoms with E-state index < -0.39 is 97.5 Å². The van der Waals surface area contributed by atoms with Gasteiger partial charge in [-0.1, -0.05) is 408 Å². The molecule has 0 aromatic heterocycles. The number of unbranched alkanes of at least 4 members (excludes halogenated alkanes) is 55. The fraction of sp³-hybridized carbons (Fsp3) is 0.953. The van der Waals surface area contributed by atoms with Gasteiger partial charge < -0.3 is 33.8 Å². The van der Waals surface area contributed by atoms with E-state index >= 15 is 0 Å². The largest absolute Gasteiger partial charge is 0.472 e. The molecular weight excluding hydrogens is 1370 g/mol. The molecule has 0 aromatic rings. The van der Waals surface area contributed by atoms with Crippen LogP contribution in [0.3, 0.4) is 0 Å². The molecule has 0 amide bonds. The first-order valence-electron chi connectivity index (χ1n) is 44.5. The molecule has 0 spiro atoms. The first-order valence-corrected chi connectivity index (χ1v) is 47.5. The molecule has 3 N–H and O–H groups in total. The lowest BCUT2D eigenvalue weighted by Crippen LogP contribution is -2.30. The van der Waals surface area contributed by atoms with Gasteiger partial charge in [-0.15, -0.1) is 0 Å². The number of rotatable bonds is 85. The van der Waals surface area contributed by atoms with Gasteiger partial charge >= 0.3 is 39.5 Å². The second kappa shape index (κ2) is 77.4. The van der Waals surface area contributed by atoms with Crippen molar-refractivity contribution in [2.45, 2.75) is 477 Å². The molecule has 0 saturated heterocycles. The molecule has 0 aliphatic rings. The summed E-state index contributed by atoms with van der Waals surface area (Å²) >= 11 is 0. The zero-order chi connectivity index (χ0) is 77.1. The smallest absolute Gasteiger partial charge is 0.462 e. The third kappa shape index (κ3) is 79.9. The first kappa shape index (κ1) is 103. The molecule has 0 fully saturated rings. The van der Waals surface area contributed by atoms with Crippen molar-refractivity contribution in [1.29, 1.82) is 0 Å². The van der Waals surface area contributed by atoms with Gasteiger partial charge in [0.05, 0.1) is 26.4 Å². The number of carbonyl (C=O) groups is 4. The van der Waals surface area contributed by atoms with Crippen LogP contribution in [0.25, 0.3) is 0 Å². The van der Waals surface area contributed by atoms with E-state index in [1.54, 1.807) is 0 Å². The SMILES string of the molecule is CCCCCCCCCCCCCCCCCCCCCCC(=O)O[C@H](COC(=O)CCCCCCCCCCCCCCCCCCCCC)COP(=O)(O)OC[C@@H](O)COP(=O)(O)OC[C@@H](COC(=O)CCCCCCCCC(C)C)OC(=O)CCCCCCCCCCCCCCCCC(C)C. The fourth-order valence-electron chi connectivity index (χ4n) is 13.4. The summed E-state index contributed by atoms with van der Waals surface area (Å²) in [5.41, 5.74) is 0. The first-order chi connectivity index (χ1) is 50.9. The Labute approximate surface area is 645 Å². The average Bonchev–Trinajstić information content (AvgIpc) is 0.907. The van der Waals surface area contributed by atoms with E-state index in [1.807, 2.05) is 0 Å². The molecule has 0 aliphatic heterocycles. The molecule has 0 aromatic carbocycles. The lowest BCUT2D eigenvalue weighted by Gasteiger charge is -2.21. The van der Waals surface area contributed by atoms with Crippen LogP contribution in [0.4, 0.5) is 0 Å². The van der Waals surface area contributed by atoms with E-state index in [9.17, 15) is 43.2 Å². The van der Waals surface area contributed by atoms with E-state index in [0.29, 0.717) is 31.6 Å². The lowest BCUT2D eigenvalue weighted by atomic mass is 10.0. The fourth-order valence-corrected chi connectivity index (χ4v) is 15.0. The van der Waals surface area contributed by atoms with Gasteiger partial charge in [-0.05, 0) is 37.5 Å². The van der Waals surface area contributed by atoms with Crippen molar-refractivity contribution in [2.24, 2.45) is 11.8 Å². The van der Waals surface area contributed by atoms with Gasteiger partial charge in [0.1, 0.15) is 19.3 Å². The Kier molecular flexibility index (Phi) is 76.0. The summed E-state index contributed by atoms with van der Waals surface area (Å²) in [6.45, 7) is 9.61. The molecule has 0 radical (unpaired) electrons. The molecule has 0 heterocycles. The highest BCUT2D eigenvalue weighted by atomic mass is 31.2.